The smallest absolute Gasteiger partial charge is 0.0794 e. The number of hydrogen-bond donors (Lipinski definition) is 1. The third-order valence-corrected chi connectivity index (χ3v) is 4.59. The number of rotatable bonds is 4. The molecule has 1 aromatic heterocycles. The van der Waals surface area contributed by atoms with Gasteiger partial charge in [0.15, 0.2) is 0 Å². The van der Waals surface area contributed by atoms with Crippen molar-refractivity contribution in [2.75, 3.05) is 0 Å². The predicted molar refractivity (Wildman–Crippen MR) is 75.9 cm³/mol. The first-order valence-electron chi connectivity index (χ1n) is 6.49. The minimum Gasteiger partial charge on any atom is -0.309 e. The predicted octanol–water partition coefficient (Wildman–Crippen LogP) is 3.49. The van der Waals surface area contributed by atoms with Gasteiger partial charge >= 0.3 is 0 Å². The van der Waals surface area contributed by atoms with E-state index >= 15 is 0 Å². The lowest BCUT2D eigenvalue weighted by atomic mass is 9.74. The van der Waals surface area contributed by atoms with Crippen LogP contribution < -0.4 is 5.32 Å². The zero-order chi connectivity index (χ0) is 12.4. The maximum atomic E-state index is 4.10. The molecule has 0 bridgehead atoms. The van der Waals surface area contributed by atoms with Gasteiger partial charge in [-0.15, -0.1) is 11.3 Å². The van der Waals surface area contributed by atoms with Crippen LogP contribution in [0.15, 0.2) is 36.0 Å². The molecule has 94 valence electrons. The highest BCUT2D eigenvalue weighted by atomic mass is 32.1. The van der Waals surface area contributed by atoms with Gasteiger partial charge in [0.05, 0.1) is 5.51 Å². The molecule has 1 heterocycles. The second kappa shape index (κ2) is 5.21. The summed E-state index contributed by atoms with van der Waals surface area (Å²) in [5.74, 6) is 0.755. The van der Waals surface area contributed by atoms with Crippen LogP contribution in [-0.4, -0.2) is 11.0 Å². The zero-order valence-corrected chi connectivity index (χ0v) is 11.4. The standard InChI is InChI=1S/C15H18N2S/c1-11-4-2-3-5-15(11)12-6-13(7-12)17-9-14-8-16-10-18-14/h2-5,8,10,12-13,17H,6-7,9H2,1H3. The lowest BCUT2D eigenvalue weighted by molar-refractivity contribution is 0.289. The fourth-order valence-electron chi connectivity index (χ4n) is 2.66. The molecule has 0 radical (unpaired) electrons. The summed E-state index contributed by atoms with van der Waals surface area (Å²) < 4.78 is 0. The highest BCUT2D eigenvalue weighted by Crippen LogP contribution is 2.38. The average Bonchev–Trinajstić information content (AvgIpc) is 2.82. The van der Waals surface area contributed by atoms with Gasteiger partial charge in [0.2, 0.25) is 0 Å². The summed E-state index contributed by atoms with van der Waals surface area (Å²) in [5, 5.41) is 3.61. The summed E-state index contributed by atoms with van der Waals surface area (Å²) in [6, 6.07) is 9.45. The van der Waals surface area contributed by atoms with Gasteiger partial charge in [0.1, 0.15) is 0 Å². The van der Waals surface area contributed by atoms with Crippen LogP contribution in [0, 0.1) is 6.92 Å². The topological polar surface area (TPSA) is 24.9 Å². The first-order valence-corrected chi connectivity index (χ1v) is 7.37. The lowest BCUT2D eigenvalue weighted by Crippen LogP contribution is -2.39. The number of aryl methyl sites for hydroxylation is 1. The first-order chi connectivity index (χ1) is 8.83. The minimum absolute atomic E-state index is 0.678. The average molecular weight is 258 g/mol. The number of benzene rings is 1. The number of nitrogens with zero attached hydrogens (tertiary/aromatic N) is 1. The van der Waals surface area contributed by atoms with Crippen LogP contribution in [0.5, 0.6) is 0 Å². The maximum absolute atomic E-state index is 4.10. The van der Waals surface area contributed by atoms with Gasteiger partial charge in [-0.1, -0.05) is 24.3 Å². The Kier molecular flexibility index (Phi) is 3.43. The van der Waals surface area contributed by atoms with Gasteiger partial charge in [-0.25, -0.2) is 0 Å². The lowest BCUT2D eigenvalue weighted by Gasteiger charge is -2.37. The molecule has 2 nitrogen and oxygen atoms in total. The third-order valence-electron chi connectivity index (χ3n) is 3.81. The molecule has 3 rings (SSSR count). The van der Waals surface area contributed by atoms with Crippen molar-refractivity contribution >= 4 is 11.3 Å². The highest BCUT2D eigenvalue weighted by molar-refractivity contribution is 7.09. The summed E-state index contributed by atoms with van der Waals surface area (Å²) in [7, 11) is 0. The Morgan fingerprint density at radius 1 is 1.33 bits per heavy atom. The van der Waals surface area contributed by atoms with Crippen molar-refractivity contribution in [3.63, 3.8) is 0 Å². The molecule has 0 spiro atoms. The Morgan fingerprint density at radius 2 is 2.17 bits per heavy atom. The molecular weight excluding hydrogens is 240 g/mol. The molecule has 1 aliphatic rings. The zero-order valence-electron chi connectivity index (χ0n) is 10.6. The van der Waals surface area contributed by atoms with E-state index in [9.17, 15) is 0 Å². The molecule has 1 N–H and O–H groups in total. The van der Waals surface area contributed by atoms with E-state index in [4.69, 9.17) is 0 Å². The van der Waals surface area contributed by atoms with E-state index in [2.05, 4.69) is 41.5 Å². The number of aromatic nitrogens is 1. The van der Waals surface area contributed by atoms with Crippen molar-refractivity contribution < 1.29 is 0 Å². The van der Waals surface area contributed by atoms with Crippen molar-refractivity contribution in [1.82, 2.24) is 10.3 Å². The Labute approximate surface area is 112 Å². The molecule has 0 atom stereocenters. The normalized spacial score (nSPS) is 22.7. The SMILES string of the molecule is Cc1ccccc1C1CC(NCc2cncs2)C1. The van der Waals surface area contributed by atoms with Gasteiger partial charge in [0, 0.05) is 23.7 Å². The van der Waals surface area contributed by atoms with Crippen LogP contribution in [0.4, 0.5) is 0 Å². The molecule has 18 heavy (non-hydrogen) atoms. The Morgan fingerprint density at radius 3 is 2.89 bits per heavy atom. The molecule has 0 aliphatic heterocycles. The van der Waals surface area contributed by atoms with Gasteiger partial charge in [-0.05, 0) is 36.8 Å². The molecule has 0 unspecified atom stereocenters. The van der Waals surface area contributed by atoms with E-state index in [1.54, 1.807) is 11.3 Å². The van der Waals surface area contributed by atoms with Crippen LogP contribution in [0.1, 0.15) is 34.8 Å². The first kappa shape index (κ1) is 11.9. The Balaban J connectivity index is 1.50. The van der Waals surface area contributed by atoms with E-state index in [-0.39, 0.29) is 0 Å². The Bertz CT molecular complexity index is 501. The molecule has 1 saturated carbocycles. The summed E-state index contributed by atoms with van der Waals surface area (Å²) in [4.78, 5) is 5.42. The number of nitrogens with one attached hydrogen (secondary N) is 1. The van der Waals surface area contributed by atoms with Crippen LogP contribution >= 0.6 is 11.3 Å². The monoisotopic (exact) mass is 258 g/mol. The highest BCUT2D eigenvalue weighted by Gasteiger charge is 2.30. The fourth-order valence-corrected chi connectivity index (χ4v) is 3.20. The molecule has 1 aromatic carbocycles. The molecule has 0 amide bonds. The summed E-state index contributed by atoms with van der Waals surface area (Å²) in [5.41, 5.74) is 4.87. The second-order valence-electron chi connectivity index (χ2n) is 5.07. The quantitative estimate of drug-likeness (QED) is 0.908. The second-order valence-corrected chi connectivity index (χ2v) is 6.04. The van der Waals surface area contributed by atoms with Gasteiger partial charge in [-0.3, -0.25) is 4.98 Å². The van der Waals surface area contributed by atoms with E-state index in [1.165, 1.54) is 28.8 Å². The van der Waals surface area contributed by atoms with Crippen LogP contribution in [0.25, 0.3) is 0 Å². The van der Waals surface area contributed by atoms with Gasteiger partial charge in [-0.2, -0.15) is 0 Å². The third kappa shape index (κ3) is 2.47. The molecule has 3 heteroatoms. The van der Waals surface area contributed by atoms with E-state index in [0.29, 0.717) is 6.04 Å². The van der Waals surface area contributed by atoms with Crippen molar-refractivity contribution in [1.29, 1.82) is 0 Å². The summed E-state index contributed by atoms with van der Waals surface area (Å²) >= 11 is 1.73. The molecule has 1 aliphatic carbocycles. The maximum Gasteiger partial charge on any atom is 0.0794 e. The molecule has 1 fully saturated rings. The van der Waals surface area contributed by atoms with Crippen LogP contribution in [0.3, 0.4) is 0 Å². The number of hydrogen-bond acceptors (Lipinski definition) is 3. The van der Waals surface area contributed by atoms with Crippen molar-refractivity contribution in [3.05, 3.63) is 52.0 Å². The largest absolute Gasteiger partial charge is 0.309 e. The van der Waals surface area contributed by atoms with Gasteiger partial charge in [0.25, 0.3) is 0 Å². The van der Waals surface area contributed by atoms with Crippen LogP contribution in [0.2, 0.25) is 0 Å². The van der Waals surface area contributed by atoms with Crippen molar-refractivity contribution in [2.24, 2.45) is 0 Å². The van der Waals surface area contributed by atoms with E-state index in [1.807, 2.05) is 11.7 Å². The van der Waals surface area contributed by atoms with E-state index in [0.717, 1.165) is 12.5 Å². The number of thiazole rings is 1. The summed E-state index contributed by atoms with van der Waals surface area (Å²) in [6.07, 6.45) is 4.49. The molecular formula is C15H18N2S. The van der Waals surface area contributed by atoms with Crippen LogP contribution in [-0.2, 0) is 6.54 Å². The molecule has 2 aromatic rings. The summed E-state index contributed by atoms with van der Waals surface area (Å²) in [6.45, 7) is 3.18. The fraction of sp³-hybridized carbons (Fsp3) is 0.400. The molecule has 0 saturated heterocycles. The van der Waals surface area contributed by atoms with Crippen molar-refractivity contribution in [2.45, 2.75) is 38.3 Å². The van der Waals surface area contributed by atoms with E-state index < -0.39 is 0 Å². The Hall–Kier alpha value is -1.19. The van der Waals surface area contributed by atoms with Gasteiger partial charge < -0.3 is 5.32 Å². The van der Waals surface area contributed by atoms with Crippen molar-refractivity contribution in [3.8, 4) is 0 Å². The minimum atomic E-state index is 0.678.